The molecule has 0 radical (unpaired) electrons. The largest absolute Gasteiger partial charge is 0.462 e. The number of amides is 1. The van der Waals surface area contributed by atoms with Crippen molar-refractivity contribution >= 4 is 11.9 Å². The molecule has 6 heteroatoms. The van der Waals surface area contributed by atoms with Crippen LogP contribution in [0.25, 0.3) is 0 Å². The van der Waals surface area contributed by atoms with Crippen LogP contribution in [0, 0.1) is 0 Å². The van der Waals surface area contributed by atoms with Crippen molar-refractivity contribution in [1.82, 2.24) is 5.32 Å². The van der Waals surface area contributed by atoms with Gasteiger partial charge in [0.15, 0.2) is 0 Å². The summed E-state index contributed by atoms with van der Waals surface area (Å²) in [5, 5.41) is 23.7. The molecule has 0 aromatic carbocycles. The summed E-state index contributed by atoms with van der Waals surface area (Å²) in [6.07, 6.45) is 61.4. The Labute approximate surface area is 384 Å². The molecule has 0 spiro atoms. The van der Waals surface area contributed by atoms with E-state index in [-0.39, 0.29) is 24.9 Å². The minimum Gasteiger partial charge on any atom is -0.462 e. The maximum absolute atomic E-state index is 13.2. The number of nitrogens with one attached hydrogen (secondary N) is 1. The predicted molar refractivity (Wildman–Crippen MR) is 268 cm³/mol. The summed E-state index contributed by atoms with van der Waals surface area (Å²) in [6, 6.07) is -0.721. The summed E-state index contributed by atoms with van der Waals surface area (Å²) < 4.78 is 5.90. The first kappa shape index (κ1) is 59.6. The Balaban J connectivity index is 4.67. The fourth-order valence-electron chi connectivity index (χ4n) is 7.84. The van der Waals surface area contributed by atoms with E-state index in [0.717, 1.165) is 77.0 Å². The van der Waals surface area contributed by atoms with Gasteiger partial charge in [-0.15, -0.1) is 0 Å². The Morgan fingerprint density at radius 1 is 0.468 bits per heavy atom. The molecule has 0 aliphatic heterocycles. The fourth-order valence-corrected chi connectivity index (χ4v) is 7.84. The minimum absolute atomic E-state index is 0.0353. The summed E-state index contributed by atoms with van der Waals surface area (Å²) in [5.74, 6) is -0.542. The quantitative estimate of drug-likeness (QED) is 0.0322. The molecule has 0 fully saturated rings. The van der Waals surface area contributed by atoms with Gasteiger partial charge in [-0.1, -0.05) is 236 Å². The topological polar surface area (TPSA) is 95.9 Å². The maximum Gasteiger partial charge on any atom is 0.306 e. The lowest BCUT2D eigenvalue weighted by Crippen LogP contribution is -2.46. The monoisotopic (exact) mass is 868 g/mol. The number of hydrogen-bond donors (Lipinski definition) is 3. The van der Waals surface area contributed by atoms with Crippen LogP contribution in [0.1, 0.15) is 258 Å². The lowest BCUT2D eigenvalue weighted by molar-refractivity contribution is -0.151. The van der Waals surface area contributed by atoms with Crippen molar-refractivity contribution in [3.8, 4) is 0 Å². The molecule has 3 N–H and O–H groups in total. The van der Waals surface area contributed by atoms with E-state index < -0.39 is 18.2 Å². The van der Waals surface area contributed by atoms with Gasteiger partial charge in [0.1, 0.15) is 6.10 Å². The van der Waals surface area contributed by atoms with Crippen LogP contribution in [0.3, 0.4) is 0 Å². The van der Waals surface area contributed by atoms with Crippen LogP contribution in [0.5, 0.6) is 0 Å². The van der Waals surface area contributed by atoms with E-state index in [1.54, 1.807) is 0 Å². The average molecular weight is 868 g/mol. The molecular formula is C56H101NO5. The second kappa shape index (κ2) is 49.6. The van der Waals surface area contributed by atoms with Crippen LogP contribution in [0.15, 0.2) is 60.8 Å². The van der Waals surface area contributed by atoms with Crippen molar-refractivity contribution in [2.24, 2.45) is 0 Å². The van der Waals surface area contributed by atoms with Gasteiger partial charge in [-0.25, -0.2) is 0 Å². The summed E-state index contributed by atoms with van der Waals surface area (Å²) >= 11 is 0. The number of hydrogen-bond acceptors (Lipinski definition) is 5. The zero-order chi connectivity index (χ0) is 45.2. The number of ether oxygens (including phenoxy) is 1. The first-order chi connectivity index (χ1) is 30.5. The van der Waals surface area contributed by atoms with Gasteiger partial charge in [0.05, 0.1) is 25.2 Å². The normalized spacial score (nSPS) is 13.7. The molecule has 0 bridgehead atoms. The molecule has 0 rings (SSSR count). The van der Waals surface area contributed by atoms with E-state index in [9.17, 15) is 19.8 Å². The lowest BCUT2D eigenvalue weighted by atomic mass is 10.0. The maximum atomic E-state index is 13.2. The van der Waals surface area contributed by atoms with E-state index in [0.29, 0.717) is 19.3 Å². The number of carbonyl (C=O) groups excluding carboxylic acids is 2. The third-order valence-corrected chi connectivity index (χ3v) is 11.9. The molecule has 0 aliphatic carbocycles. The molecule has 360 valence electrons. The third kappa shape index (κ3) is 44.2. The fraction of sp³-hybridized carbons (Fsp3) is 0.786. The minimum atomic E-state index is -0.803. The number of aliphatic hydroxyl groups excluding tert-OH is 2. The second-order valence-corrected chi connectivity index (χ2v) is 18.0. The SMILES string of the molecule is CCCCCCC/C=C/C=C/C=C/CCCCCCCC(=O)OC(CCC/C=C/C=C/CCCCCCCCC)CC(=O)NC(CO)C(O)CCCCCCCCCCCCC. The van der Waals surface area contributed by atoms with Gasteiger partial charge in [-0.05, 0) is 70.6 Å². The van der Waals surface area contributed by atoms with Crippen molar-refractivity contribution in [2.45, 2.75) is 277 Å². The van der Waals surface area contributed by atoms with Gasteiger partial charge in [0, 0.05) is 6.42 Å². The van der Waals surface area contributed by atoms with E-state index in [2.05, 4.69) is 86.8 Å². The molecule has 3 unspecified atom stereocenters. The zero-order valence-corrected chi connectivity index (χ0v) is 41.0. The zero-order valence-electron chi connectivity index (χ0n) is 41.0. The Hall–Kier alpha value is -2.44. The molecule has 0 aliphatic rings. The van der Waals surface area contributed by atoms with Gasteiger partial charge in [0.2, 0.25) is 5.91 Å². The molecule has 3 atom stereocenters. The average Bonchev–Trinajstić information content (AvgIpc) is 3.26. The highest BCUT2D eigenvalue weighted by atomic mass is 16.5. The molecule has 6 nitrogen and oxygen atoms in total. The Bertz CT molecular complexity index is 1110. The van der Waals surface area contributed by atoms with Crippen molar-refractivity contribution in [1.29, 1.82) is 0 Å². The van der Waals surface area contributed by atoms with Crippen LogP contribution in [0.4, 0.5) is 0 Å². The first-order valence-electron chi connectivity index (χ1n) is 26.6. The highest BCUT2D eigenvalue weighted by Gasteiger charge is 2.24. The van der Waals surface area contributed by atoms with E-state index in [4.69, 9.17) is 4.74 Å². The van der Waals surface area contributed by atoms with E-state index in [1.807, 2.05) is 0 Å². The van der Waals surface area contributed by atoms with Crippen molar-refractivity contribution in [3.63, 3.8) is 0 Å². The molecular weight excluding hydrogens is 767 g/mol. The summed E-state index contributed by atoms with van der Waals surface area (Å²) in [4.78, 5) is 26.1. The van der Waals surface area contributed by atoms with Crippen LogP contribution >= 0.6 is 0 Å². The number of aliphatic hydroxyl groups is 2. The van der Waals surface area contributed by atoms with Gasteiger partial charge >= 0.3 is 5.97 Å². The van der Waals surface area contributed by atoms with Gasteiger partial charge in [-0.3, -0.25) is 9.59 Å². The Morgan fingerprint density at radius 2 is 0.839 bits per heavy atom. The first-order valence-corrected chi connectivity index (χ1v) is 26.6. The number of esters is 1. The van der Waals surface area contributed by atoms with Gasteiger partial charge in [-0.2, -0.15) is 0 Å². The van der Waals surface area contributed by atoms with E-state index >= 15 is 0 Å². The lowest BCUT2D eigenvalue weighted by Gasteiger charge is -2.24. The molecule has 0 aromatic rings. The van der Waals surface area contributed by atoms with Crippen LogP contribution in [-0.2, 0) is 14.3 Å². The number of carbonyl (C=O) groups is 2. The predicted octanol–water partition coefficient (Wildman–Crippen LogP) is 16.0. The summed E-state index contributed by atoms with van der Waals surface area (Å²) in [6.45, 7) is 6.44. The van der Waals surface area contributed by atoms with Crippen LogP contribution in [-0.4, -0.2) is 46.9 Å². The molecule has 0 aromatic heterocycles. The van der Waals surface area contributed by atoms with Gasteiger partial charge < -0.3 is 20.3 Å². The number of allylic oxidation sites excluding steroid dienone is 10. The summed E-state index contributed by atoms with van der Waals surface area (Å²) in [5.41, 5.74) is 0. The molecule has 1 amide bonds. The summed E-state index contributed by atoms with van der Waals surface area (Å²) in [7, 11) is 0. The highest BCUT2D eigenvalue weighted by Crippen LogP contribution is 2.17. The molecule has 0 heterocycles. The van der Waals surface area contributed by atoms with Crippen molar-refractivity contribution in [2.75, 3.05) is 6.61 Å². The molecule has 0 saturated heterocycles. The van der Waals surface area contributed by atoms with Crippen LogP contribution in [0.2, 0.25) is 0 Å². The van der Waals surface area contributed by atoms with Crippen molar-refractivity contribution < 1.29 is 24.5 Å². The third-order valence-electron chi connectivity index (χ3n) is 11.9. The Morgan fingerprint density at radius 3 is 1.27 bits per heavy atom. The van der Waals surface area contributed by atoms with Crippen LogP contribution < -0.4 is 5.32 Å². The molecule has 0 saturated carbocycles. The highest BCUT2D eigenvalue weighted by molar-refractivity contribution is 5.77. The number of unbranched alkanes of at least 4 members (excludes halogenated alkanes) is 28. The van der Waals surface area contributed by atoms with E-state index in [1.165, 1.54) is 135 Å². The number of rotatable bonds is 47. The Kier molecular flexibility index (Phi) is 47.6. The smallest absolute Gasteiger partial charge is 0.306 e. The second-order valence-electron chi connectivity index (χ2n) is 18.0. The van der Waals surface area contributed by atoms with Crippen molar-refractivity contribution in [3.05, 3.63) is 60.8 Å². The molecule has 62 heavy (non-hydrogen) atoms. The standard InChI is InChI=1S/C56H101NO5/c1-4-7-10-13-16-19-22-24-26-27-28-29-31-34-37-40-43-46-49-56(61)62-52(47-44-41-38-35-33-30-25-23-20-17-14-11-8-5-2)50-55(60)57-53(51-58)54(59)48-45-42-39-36-32-21-18-15-12-9-6-3/h22,24,26-30,33,35,38,52-54,58-59H,4-21,23,25,31-32,34,36-37,39-51H2,1-3H3,(H,57,60)/b24-22+,27-26+,29-28+,33-30+,38-35+. The van der Waals surface area contributed by atoms with Gasteiger partial charge in [0.25, 0.3) is 0 Å².